The highest BCUT2D eigenvalue weighted by Crippen LogP contribution is 2.37. The normalized spacial score (nSPS) is 25.2. The van der Waals surface area contributed by atoms with Crippen LogP contribution in [-0.4, -0.2) is 12.2 Å². The molecule has 1 aliphatic carbocycles. The SMILES string of the molecule is CCC1CCC(C(O)c2ccc(COC)cc2)CC1. The summed E-state index contributed by atoms with van der Waals surface area (Å²) in [5.74, 6) is 1.32. The van der Waals surface area contributed by atoms with Crippen molar-refractivity contribution in [3.05, 3.63) is 35.4 Å². The maximum atomic E-state index is 10.5. The van der Waals surface area contributed by atoms with Crippen LogP contribution in [0.25, 0.3) is 0 Å². The molecular weight excluding hydrogens is 236 g/mol. The summed E-state index contributed by atoms with van der Waals surface area (Å²) in [5, 5.41) is 10.5. The lowest BCUT2D eigenvalue weighted by molar-refractivity contribution is 0.0729. The minimum atomic E-state index is -0.297. The molecule has 1 aromatic carbocycles. The Labute approximate surface area is 116 Å². The van der Waals surface area contributed by atoms with Gasteiger partial charge in [0.1, 0.15) is 0 Å². The topological polar surface area (TPSA) is 29.5 Å². The molecule has 19 heavy (non-hydrogen) atoms. The van der Waals surface area contributed by atoms with Gasteiger partial charge in [0.05, 0.1) is 12.7 Å². The molecule has 106 valence electrons. The van der Waals surface area contributed by atoms with Gasteiger partial charge in [-0.05, 0) is 35.8 Å². The third-order valence-corrected chi connectivity index (χ3v) is 4.55. The first-order valence-corrected chi connectivity index (χ1v) is 7.50. The fourth-order valence-corrected chi connectivity index (χ4v) is 3.16. The van der Waals surface area contributed by atoms with Crippen molar-refractivity contribution in [2.75, 3.05) is 7.11 Å². The van der Waals surface area contributed by atoms with Crippen molar-refractivity contribution in [1.82, 2.24) is 0 Å². The van der Waals surface area contributed by atoms with E-state index < -0.39 is 0 Å². The molecule has 0 saturated heterocycles. The molecule has 1 unspecified atom stereocenters. The van der Waals surface area contributed by atoms with E-state index in [0.29, 0.717) is 12.5 Å². The average Bonchev–Trinajstić information content (AvgIpc) is 2.48. The molecule has 0 radical (unpaired) electrons. The Morgan fingerprint density at radius 1 is 1.16 bits per heavy atom. The molecule has 1 fully saturated rings. The van der Waals surface area contributed by atoms with Crippen LogP contribution in [-0.2, 0) is 11.3 Å². The summed E-state index contributed by atoms with van der Waals surface area (Å²) in [4.78, 5) is 0. The largest absolute Gasteiger partial charge is 0.388 e. The molecule has 1 saturated carbocycles. The van der Waals surface area contributed by atoms with Gasteiger partial charge in [-0.15, -0.1) is 0 Å². The van der Waals surface area contributed by atoms with Crippen molar-refractivity contribution in [3.8, 4) is 0 Å². The van der Waals surface area contributed by atoms with Gasteiger partial charge in [0, 0.05) is 7.11 Å². The first-order valence-electron chi connectivity index (χ1n) is 7.50. The molecule has 2 heteroatoms. The Balaban J connectivity index is 1.94. The average molecular weight is 262 g/mol. The van der Waals surface area contributed by atoms with Crippen molar-refractivity contribution < 1.29 is 9.84 Å². The summed E-state index contributed by atoms with van der Waals surface area (Å²) in [5.41, 5.74) is 2.22. The van der Waals surface area contributed by atoms with Crippen molar-refractivity contribution in [2.45, 2.75) is 51.7 Å². The molecule has 0 aromatic heterocycles. The van der Waals surface area contributed by atoms with E-state index in [-0.39, 0.29) is 6.10 Å². The number of aliphatic hydroxyl groups excluding tert-OH is 1. The lowest BCUT2D eigenvalue weighted by Crippen LogP contribution is -2.20. The molecular formula is C17H26O2. The van der Waals surface area contributed by atoms with E-state index in [0.717, 1.165) is 17.0 Å². The Bertz CT molecular complexity index is 363. The molecule has 0 bridgehead atoms. The molecule has 2 nitrogen and oxygen atoms in total. The van der Waals surface area contributed by atoms with Gasteiger partial charge < -0.3 is 9.84 Å². The lowest BCUT2D eigenvalue weighted by atomic mass is 9.77. The summed E-state index contributed by atoms with van der Waals surface area (Å²) in [6.07, 6.45) is 5.88. The molecule has 0 spiro atoms. The number of benzene rings is 1. The lowest BCUT2D eigenvalue weighted by Gasteiger charge is -2.31. The van der Waals surface area contributed by atoms with E-state index in [1.54, 1.807) is 7.11 Å². The summed E-state index contributed by atoms with van der Waals surface area (Å²) >= 11 is 0. The second-order valence-electron chi connectivity index (χ2n) is 5.81. The summed E-state index contributed by atoms with van der Waals surface area (Å²) in [6, 6.07) is 8.20. The number of hydrogen-bond donors (Lipinski definition) is 1. The van der Waals surface area contributed by atoms with E-state index in [1.807, 2.05) is 12.1 Å². The predicted octanol–water partition coefficient (Wildman–Crippen LogP) is 4.08. The zero-order valence-electron chi connectivity index (χ0n) is 12.1. The van der Waals surface area contributed by atoms with Gasteiger partial charge >= 0.3 is 0 Å². The van der Waals surface area contributed by atoms with E-state index in [4.69, 9.17) is 4.74 Å². The smallest absolute Gasteiger partial charge is 0.0818 e. The monoisotopic (exact) mass is 262 g/mol. The van der Waals surface area contributed by atoms with Crippen molar-refractivity contribution in [2.24, 2.45) is 11.8 Å². The molecule has 1 atom stereocenters. The molecule has 1 aromatic rings. The van der Waals surface area contributed by atoms with Gasteiger partial charge in [0.2, 0.25) is 0 Å². The summed E-state index contributed by atoms with van der Waals surface area (Å²) in [6.45, 7) is 2.91. The van der Waals surface area contributed by atoms with Crippen LogP contribution in [0.2, 0.25) is 0 Å². The fourth-order valence-electron chi connectivity index (χ4n) is 3.16. The number of ether oxygens (including phenoxy) is 1. The molecule has 0 amide bonds. The second-order valence-corrected chi connectivity index (χ2v) is 5.81. The molecule has 1 N–H and O–H groups in total. The van der Waals surface area contributed by atoms with Gasteiger partial charge in [-0.1, -0.05) is 50.5 Å². The van der Waals surface area contributed by atoms with Crippen LogP contribution < -0.4 is 0 Å². The fraction of sp³-hybridized carbons (Fsp3) is 0.647. The first kappa shape index (κ1) is 14.5. The quantitative estimate of drug-likeness (QED) is 0.866. The minimum absolute atomic E-state index is 0.297. The number of aliphatic hydroxyl groups is 1. The maximum absolute atomic E-state index is 10.5. The Kier molecular flexibility index (Phi) is 5.41. The molecule has 0 aliphatic heterocycles. The predicted molar refractivity (Wildman–Crippen MR) is 77.9 cm³/mol. The highest BCUT2D eigenvalue weighted by Gasteiger charge is 2.26. The highest BCUT2D eigenvalue weighted by molar-refractivity contribution is 5.24. The van der Waals surface area contributed by atoms with Crippen molar-refractivity contribution in [3.63, 3.8) is 0 Å². The molecule has 2 rings (SSSR count). The molecule has 1 aliphatic rings. The van der Waals surface area contributed by atoms with Crippen LogP contribution in [0.3, 0.4) is 0 Å². The standard InChI is InChI=1S/C17H26O2/c1-3-13-4-8-15(9-5-13)17(18)16-10-6-14(7-11-16)12-19-2/h6-7,10-11,13,15,17-18H,3-5,8-9,12H2,1-2H3. The van der Waals surface area contributed by atoms with Crippen LogP contribution in [0.5, 0.6) is 0 Å². The zero-order chi connectivity index (χ0) is 13.7. The number of rotatable bonds is 5. The second kappa shape index (κ2) is 7.06. The highest BCUT2D eigenvalue weighted by atomic mass is 16.5. The Hall–Kier alpha value is -0.860. The van der Waals surface area contributed by atoms with E-state index in [1.165, 1.54) is 32.1 Å². The van der Waals surface area contributed by atoms with Crippen LogP contribution in [0, 0.1) is 11.8 Å². The van der Waals surface area contributed by atoms with Crippen LogP contribution in [0.4, 0.5) is 0 Å². The van der Waals surface area contributed by atoms with Gasteiger partial charge in [0.15, 0.2) is 0 Å². The van der Waals surface area contributed by atoms with E-state index in [2.05, 4.69) is 19.1 Å². The van der Waals surface area contributed by atoms with E-state index in [9.17, 15) is 5.11 Å². The Morgan fingerprint density at radius 2 is 1.79 bits per heavy atom. The number of hydrogen-bond acceptors (Lipinski definition) is 2. The summed E-state index contributed by atoms with van der Waals surface area (Å²) < 4.78 is 5.11. The van der Waals surface area contributed by atoms with Crippen molar-refractivity contribution in [1.29, 1.82) is 0 Å². The van der Waals surface area contributed by atoms with Gasteiger partial charge in [0.25, 0.3) is 0 Å². The van der Waals surface area contributed by atoms with Gasteiger partial charge in [-0.25, -0.2) is 0 Å². The first-order chi connectivity index (χ1) is 9.24. The zero-order valence-corrected chi connectivity index (χ0v) is 12.1. The van der Waals surface area contributed by atoms with Crippen LogP contribution >= 0.6 is 0 Å². The minimum Gasteiger partial charge on any atom is -0.388 e. The van der Waals surface area contributed by atoms with Gasteiger partial charge in [-0.2, -0.15) is 0 Å². The third-order valence-electron chi connectivity index (χ3n) is 4.55. The van der Waals surface area contributed by atoms with Crippen LogP contribution in [0.15, 0.2) is 24.3 Å². The van der Waals surface area contributed by atoms with Gasteiger partial charge in [-0.3, -0.25) is 0 Å². The van der Waals surface area contributed by atoms with E-state index >= 15 is 0 Å². The number of methoxy groups -OCH3 is 1. The third kappa shape index (κ3) is 3.80. The summed E-state index contributed by atoms with van der Waals surface area (Å²) in [7, 11) is 1.70. The Morgan fingerprint density at radius 3 is 2.32 bits per heavy atom. The van der Waals surface area contributed by atoms with Crippen molar-refractivity contribution >= 4 is 0 Å². The maximum Gasteiger partial charge on any atom is 0.0818 e. The molecule has 0 heterocycles. The van der Waals surface area contributed by atoms with Crippen LogP contribution in [0.1, 0.15) is 56.3 Å².